The second-order valence-corrected chi connectivity index (χ2v) is 7.66. The Kier molecular flexibility index (Phi) is 6.09. The third-order valence-corrected chi connectivity index (χ3v) is 5.53. The lowest BCUT2D eigenvalue weighted by Gasteiger charge is -2.34. The highest BCUT2D eigenvalue weighted by molar-refractivity contribution is 9.10. The molecule has 1 aromatic rings. The molecule has 1 heterocycles. The largest absolute Gasteiger partial charge is 0.353 e. The van der Waals surface area contributed by atoms with Crippen molar-refractivity contribution in [3.8, 4) is 0 Å². The zero-order chi connectivity index (χ0) is 17.0. The highest BCUT2D eigenvalue weighted by Crippen LogP contribution is 2.22. The van der Waals surface area contributed by atoms with E-state index in [1.165, 1.54) is 0 Å². The third kappa shape index (κ3) is 4.48. The summed E-state index contributed by atoms with van der Waals surface area (Å²) in [5, 5.41) is 3.05. The summed E-state index contributed by atoms with van der Waals surface area (Å²) in [6.45, 7) is 4.96. The molecule has 0 bridgehead atoms. The smallest absolute Gasteiger partial charge is 0.254 e. The Morgan fingerprint density at radius 3 is 2.48 bits per heavy atom. The average molecular weight is 402 g/mol. The molecule has 1 aromatic carbocycles. The monoisotopic (exact) mass is 400 g/mol. The van der Waals surface area contributed by atoms with Crippen molar-refractivity contribution < 1.29 is 9.59 Å². The van der Waals surface area contributed by atoms with Gasteiger partial charge in [-0.25, -0.2) is 0 Å². The molecule has 0 spiro atoms. The Morgan fingerprint density at radius 1 is 1.30 bits per heavy atom. The van der Waals surface area contributed by atoms with E-state index in [0.717, 1.165) is 17.3 Å². The predicted octanol–water partition coefficient (Wildman–Crippen LogP) is 3.43. The fourth-order valence-corrected chi connectivity index (χ4v) is 3.05. The van der Waals surface area contributed by atoms with E-state index in [0.29, 0.717) is 18.7 Å². The average Bonchev–Trinajstić information content (AvgIpc) is 2.55. The first kappa shape index (κ1) is 18.3. The summed E-state index contributed by atoms with van der Waals surface area (Å²) < 4.78 is 0.810. The van der Waals surface area contributed by atoms with Gasteiger partial charge in [0, 0.05) is 29.5 Å². The van der Waals surface area contributed by atoms with E-state index in [1.54, 1.807) is 0 Å². The van der Waals surface area contributed by atoms with Crippen LogP contribution in [0.5, 0.6) is 0 Å². The Hall–Kier alpha value is -1.07. The van der Waals surface area contributed by atoms with Crippen LogP contribution in [0.25, 0.3) is 0 Å². The topological polar surface area (TPSA) is 49.4 Å². The van der Waals surface area contributed by atoms with Crippen LogP contribution in [0, 0.1) is 5.41 Å². The first-order chi connectivity index (χ1) is 10.8. The maximum atomic E-state index is 12.5. The van der Waals surface area contributed by atoms with Crippen LogP contribution in [0.1, 0.15) is 37.0 Å². The number of hydrogen-bond donors (Lipinski definition) is 1. The van der Waals surface area contributed by atoms with E-state index in [-0.39, 0.29) is 23.7 Å². The molecule has 1 N–H and O–H groups in total. The highest BCUT2D eigenvalue weighted by atomic mass is 79.9. The fourth-order valence-electron chi connectivity index (χ4n) is 2.47. The minimum absolute atomic E-state index is 0.0249. The zero-order valence-corrected chi connectivity index (χ0v) is 15.8. The van der Waals surface area contributed by atoms with Crippen LogP contribution in [0.15, 0.2) is 28.7 Å². The first-order valence-corrected chi connectivity index (χ1v) is 9.08. The molecule has 0 aromatic heterocycles. The van der Waals surface area contributed by atoms with E-state index in [9.17, 15) is 9.59 Å². The zero-order valence-electron chi connectivity index (χ0n) is 13.4. The number of hydrogen-bond acceptors (Lipinski definition) is 2. The molecule has 0 radical (unpaired) electrons. The first-order valence-electron chi connectivity index (χ1n) is 7.76. The minimum atomic E-state index is -0.566. The van der Waals surface area contributed by atoms with Crippen molar-refractivity contribution in [3.05, 3.63) is 34.3 Å². The summed E-state index contributed by atoms with van der Waals surface area (Å²) in [6, 6.07) is 7.55. The van der Waals surface area contributed by atoms with Crippen molar-refractivity contribution in [2.24, 2.45) is 5.41 Å². The molecule has 2 amide bonds. The maximum absolute atomic E-state index is 12.5. The van der Waals surface area contributed by atoms with Crippen molar-refractivity contribution in [2.75, 3.05) is 19.0 Å². The van der Waals surface area contributed by atoms with E-state index < -0.39 is 5.41 Å². The van der Waals surface area contributed by atoms with Gasteiger partial charge in [-0.05, 0) is 54.8 Å². The SMILES string of the molecule is CC(C)(CCl)C(=O)NC1CCN(C(=O)c2ccccc2Br)CC1. The van der Waals surface area contributed by atoms with Gasteiger partial charge in [-0.15, -0.1) is 11.6 Å². The standard InChI is InChI=1S/C17H22BrClN2O2/c1-17(2,11-19)16(23)20-12-7-9-21(10-8-12)15(22)13-5-3-4-6-14(13)18/h3-6,12H,7-11H2,1-2H3,(H,20,23). The van der Waals surface area contributed by atoms with Gasteiger partial charge in [-0.1, -0.05) is 12.1 Å². The van der Waals surface area contributed by atoms with E-state index in [4.69, 9.17) is 11.6 Å². The van der Waals surface area contributed by atoms with Crippen molar-refractivity contribution in [1.29, 1.82) is 0 Å². The third-order valence-electron chi connectivity index (χ3n) is 4.17. The summed E-state index contributed by atoms with van der Waals surface area (Å²) in [6.07, 6.45) is 1.53. The van der Waals surface area contributed by atoms with Crippen molar-refractivity contribution >= 4 is 39.3 Å². The van der Waals surface area contributed by atoms with Gasteiger partial charge in [0.15, 0.2) is 0 Å². The molecule has 1 fully saturated rings. The Labute approximate surface area is 150 Å². The molecule has 1 aliphatic heterocycles. The summed E-state index contributed by atoms with van der Waals surface area (Å²) in [7, 11) is 0. The number of rotatable bonds is 4. The van der Waals surface area contributed by atoms with Gasteiger partial charge in [-0.3, -0.25) is 9.59 Å². The molecular formula is C17H22BrClN2O2. The van der Waals surface area contributed by atoms with Gasteiger partial charge < -0.3 is 10.2 Å². The predicted molar refractivity (Wildman–Crippen MR) is 95.7 cm³/mol. The van der Waals surface area contributed by atoms with Crippen molar-refractivity contribution in [2.45, 2.75) is 32.7 Å². The highest BCUT2D eigenvalue weighted by Gasteiger charge is 2.30. The molecule has 0 atom stereocenters. The molecular weight excluding hydrogens is 380 g/mol. The van der Waals surface area contributed by atoms with Crippen molar-refractivity contribution in [3.63, 3.8) is 0 Å². The minimum Gasteiger partial charge on any atom is -0.353 e. The van der Waals surface area contributed by atoms with Gasteiger partial charge in [0.25, 0.3) is 5.91 Å². The molecule has 0 aliphatic carbocycles. The number of benzene rings is 1. The lowest BCUT2D eigenvalue weighted by atomic mass is 9.93. The van der Waals surface area contributed by atoms with Gasteiger partial charge >= 0.3 is 0 Å². The quantitative estimate of drug-likeness (QED) is 0.786. The lowest BCUT2D eigenvalue weighted by molar-refractivity contribution is -0.129. The van der Waals surface area contributed by atoms with Crippen LogP contribution < -0.4 is 5.32 Å². The van der Waals surface area contributed by atoms with Crippen LogP contribution in [-0.2, 0) is 4.79 Å². The van der Waals surface area contributed by atoms with Crippen LogP contribution in [0.2, 0.25) is 0 Å². The van der Waals surface area contributed by atoms with E-state index >= 15 is 0 Å². The Morgan fingerprint density at radius 2 is 1.91 bits per heavy atom. The second kappa shape index (κ2) is 7.67. The number of carbonyl (C=O) groups is 2. The van der Waals surface area contributed by atoms with Gasteiger partial charge in [0.05, 0.1) is 11.0 Å². The number of piperidine rings is 1. The van der Waals surface area contributed by atoms with Crippen LogP contribution >= 0.6 is 27.5 Å². The summed E-state index contributed by atoms with van der Waals surface area (Å²) in [4.78, 5) is 26.6. The summed E-state index contributed by atoms with van der Waals surface area (Å²) in [5.41, 5.74) is 0.113. The maximum Gasteiger partial charge on any atom is 0.254 e. The van der Waals surface area contributed by atoms with E-state index in [1.807, 2.05) is 43.0 Å². The number of likely N-dealkylation sites (tertiary alicyclic amines) is 1. The number of alkyl halides is 1. The van der Waals surface area contributed by atoms with Crippen LogP contribution in [-0.4, -0.2) is 41.7 Å². The fraction of sp³-hybridized carbons (Fsp3) is 0.529. The normalized spacial score (nSPS) is 16.3. The van der Waals surface area contributed by atoms with E-state index in [2.05, 4.69) is 21.2 Å². The van der Waals surface area contributed by atoms with Crippen molar-refractivity contribution in [1.82, 2.24) is 10.2 Å². The summed E-state index contributed by atoms with van der Waals surface area (Å²) in [5.74, 6) is 0.296. The number of nitrogens with one attached hydrogen (secondary N) is 1. The molecule has 1 saturated heterocycles. The van der Waals surface area contributed by atoms with Gasteiger partial charge in [0.1, 0.15) is 0 Å². The molecule has 0 unspecified atom stereocenters. The molecule has 126 valence electrons. The van der Waals surface area contributed by atoms with Crippen LogP contribution in [0.4, 0.5) is 0 Å². The van der Waals surface area contributed by atoms with Crippen LogP contribution in [0.3, 0.4) is 0 Å². The van der Waals surface area contributed by atoms with Gasteiger partial charge in [-0.2, -0.15) is 0 Å². The lowest BCUT2D eigenvalue weighted by Crippen LogP contribution is -2.49. The van der Waals surface area contributed by atoms with Gasteiger partial charge in [0.2, 0.25) is 5.91 Å². The molecule has 0 saturated carbocycles. The molecule has 6 heteroatoms. The Bertz CT molecular complexity index is 584. The second-order valence-electron chi connectivity index (χ2n) is 6.54. The number of carbonyl (C=O) groups excluding carboxylic acids is 2. The number of nitrogens with zero attached hydrogens (tertiary/aromatic N) is 1. The molecule has 23 heavy (non-hydrogen) atoms. The molecule has 1 aliphatic rings. The molecule has 2 rings (SSSR count). The summed E-state index contributed by atoms with van der Waals surface area (Å²) >= 11 is 9.26. The molecule has 4 nitrogen and oxygen atoms in total. The Balaban J connectivity index is 1.90. The number of halogens is 2. The number of amides is 2.